The highest BCUT2D eigenvalue weighted by Gasteiger charge is 2.12. The molecule has 3 rings (SSSR count). The van der Waals surface area contributed by atoms with E-state index in [9.17, 15) is 4.79 Å². The van der Waals surface area contributed by atoms with E-state index >= 15 is 0 Å². The lowest BCUT2D eigenvalue weighted by atomic mass is 10.1. The maximum absolute atomic E-state index is 12.4. The fraction of sp³-hybridized carbons (Fsp3) is 0.222. The summed E-state index contributed by atoms with van der Waals surface area (Å²) in [5.41, 5.74) is 3.64. The highest BCUT2D eigenvalue weighted by Crippen LogP contribution is 2.14. The third-order valence-electron chi connectivity index (χ3n) is 3.83. The van der Waals surface area contributed by atoms with Crippen molar-refractivity contribution in [3.63, 3.8) is 0 Å². The van der Waals surface area contributed by atoms with Crippen molar-refractivity contribution in [1.29, 1.82) is 0 Å². The van der Waals surface area contributed by atoms with Crippen molar-refractivity contribution in [2.24, 2.45) is 0 Å². The van der Waals surface area contributed by atoms with Gasteiger partial charge in [-0.05, 0) is 37.6 Å². The van der Waals surface area contributed by atoms with Gasteiger partial charge in [-0.25, -0.2) is 4.98 Å². The molecule has 2 N–H and O–H groups in total. The molecule has 1 amide bonds. The van der Waals surface area contributed by atoms with Crippen molar-refractivity contribution >= 4 is 5.91 Å². The van der Waals surface area contributed by atoms with Gasteiger partial charge in [0.2, 0.25) is 0 Å². The molecule has 0 aliphatic heterocycles. The van der Waals surface area contributed by atoms with Crippen LogP contribution in [-0.2, 0) is 6.42 Å². The standard InChI is InChI=1S/C18H19N5O/c1-12-4-3-9-19-16(12)10-13(2)22-18(24)15-7-5-14(6-8-15)17-20-11-21-23-17/h3-9,11,13H,10H2,1-2H3,(H,22,24)(H,20,21,23). The summed E-state index contributed by atoms with van der Waals surface area (Å²) in [6, 6.07) is 11.2. The number of nitrogens with zero attached hydrogens (tertiary/aromatic N) is 3. The Balaban J connectivity index is 1.63. The van der Waals surface area contributed by atoms with Gasteiger partial charge in [-0.15, -0.1) is 0 Å². The van der Waals surface area contributed by atoms with E-state index < -0.39 is 0 Å². The second-order valence-electron chi connectivity index (χ2n) is 5.76. The SMILES string of the molecule is Cc1cccnc1CC(C)NC(=O)c1ccc(-c2ncn[nH]2)cc1. The number of carbonyl (C=O) groups excluding carboxylic acids is 1. The van der Waals surface area contributed by atoms with Gasteiger partial charge < -0.3 is 5.32 Å². The van der Waals surface area contributed by atoms with Gasteiger partial charge in [0.1, 0.15) is 6.33 Å². The van der Waals surface area contributed by atoms with Crippen LogP contribution in [0.4, 0.5) is 0 Å². The molecular weight excluding hydrogens is 302 g/mol. The molecule has 122 valence electrons. The lowest BCUT2D eigenvalue weighted by Gasteiger charge is -2.14. The molecule has 6 nitrogen and oxygen atoms in total. The van der Waals surface area contributed by atoms with Crippen LogP contribution in [0.5, 0.6) is 0 Å². The number of aromatic amines is 1. The van der Waals surface area contributed by atoms with E-state index in [-0.39, 0.29) is 11.9 Å². The van der Waals surface area contributed by atoms with Gasteiger partial charge in [0.25, 0.3) is 5.91 Å². The third kappa shape index (κ3) is 3.65. The number of carbonyl (C=O) groups is 1. The van der Waals surface area contributed by atoms with Gasteiger partial charge in [-0.2, -0.15) is 5.10 Å². The summed E-state index contributed by atoms with van der Waals surface area (Å²) in [5.74, 6) is 0.584. The number of nitrogens with one attached hydrogen (secondary N) is 2. The maximum atomic E-state index is 12.4. The number of pyridine rings is 1. The molecule has 0 fully saturated rings. The Kier molecular flexibility index (Phi) is 4.65. The Bertz CT molecular complexity index is 812. The number of hydrogen-bond donors (Lipinski definition) is 2. The summed E-state index contributed by atoms with van der Waals surface area (Å²) in [6.45, 7) is 4.01. The molecule has 0 spiro atoms. The molecule has 0 bridgehead atoms. The van der Waals surface area contributed by atoms with Crippen LogP contribution in [0, 0.1) is 6.92 Å². The summed E-state index contributed by atoms with van der Waals surface area (Å²) in [6.07, 6.45) is 3.94. The van der Waals surface area contributed by atoms with Gasteiger partial charge in [0.15, 0.2) is 5.82 Å². The number of H-pyrrole nitrogens is 1. The molecule has 0 radical (unpaired) electrons. The average Bonchev–Trinajstić information content (AvgIpc) is 3.11. The first kappa shape index (κ1) is 15.9. The molecule has 0 saturated heterocycles. The molecule has 1 atom stereocenters. The van der Waals surface area contributed by atoms with Crippen molar-refractivity contribution in [3.05, 3.63) is 65.7 Å². The second kappa shape index (κ2) is 7.04. The summed E-state index contributed by atoms with van der Waals surface area (Å²) in [5, 5.41) is 9.63. The van der Waals surface area contributed by atoms with Crippen LogP contribution in [0.1, 0.15) is 28.5 Å². The Labute approximate surface area is 140 Å². The van der Waals surface area contributed by atoms with Crippen molar-refractivity contribution < 1.29 is 4.79 Å². The van der Waals surface area contributed by atoms with E-state index in [0.717, 1.165) is 16.8 Å². The molecule has 24 heavy (non-hydrogen) atoms. The summed E-state index contributed by atoms with van der Waals surface area (Å²) < 4.78 is 0. The highest BCUT2D eigenvalue weighted by molar-refractivity contribution is 5.94. The molecule has 3 aromatic rings. The Morgan fingerprint density at radius 1 is 1.21 bits per heavy atom. The molecule has 0 saturated carbocycles. The molecule has 0 aliphatic carbocycles. The Morgan fingerprint density at radius 2 is 2.00 bits per heavy atom. The van der Waals surface area contributed by atoms with Crippen LogP contribution < -0.4 is 5.32 Å². The molecule has 1 aromatic carbocycles. The van der Waals surface area contributed by atoms with Crippen LogP contribution in [0.25, 0.3) is 11.4 Å². The van der Waals surface area contributed by atoms with E-state index in [4.69, 9.17) is 0 Å². The third-order valence-corrected chi connectivity index (χ3v) is 3.83. The van der Waals surface area contributed by atoms with Crippen LogP contribution in [-0.4, -0.2) is 32.1 Å². The number of aryl methyl sites for hydroxylation is 1. The predicted molar refractivity (Wildman–Crippen MR) is 91.4 cm³/mol. The fourth-order valence-corrected chi connectivity index (χ4v) is 2.50. The van der Waals surface area contributed by atoms with Crippen LogP contribution in [0.2, 0.25) is 0 Å². The first-order valence-electron chi connectivity index (χ1n) is 7.80. The van der Waals surface area contributed by atoms with Gasteiger partial charge >= 0.3 is 0 Å². The van der Waals surface area contributed by atoms with E-state index in [0.29, 0.717) is 17.8 Å². The van der Waals surface area contributed by atoms with Gasteiger partial charge in [-0.3, -0.25) is 14.9 Å². The molecule has 0 aliphatic rings. The summed E-state index contributed by atoms with van der Waals surface area (Å²) in [4.78, 5) is 20.8. The topological polar surface area (TPSA) is 83.6 Å². The van der Waals surface area contributed by atoms with Crippen LogP contribution in [0.3, 0.4) is 0 Å². The maximum Gasteiger partial charge on any atom is 0.251 e. The van der Waals surface area contributed by atoms with Crippen LogP contribution in [0.15, 0.2) is 48.9 Å². The summed E-state index contributed by atoms with van der Waals surface area (Å²) >= 11 is 0. The Hall–Kier alpha value is -3.02. The number of hydrogen-bond acceptors (Lipinski definition) is 4. The zero-order valence-electron chi connectivity index (χ0n) is 13.7. The van der Waals surface area contributed by atoms with Gasteiger partial charge in [0.05, 0.1) is 0 Å². The van der Waals surface area contributed by atoms with Crippen molar-refractivity contribution in [2.75, 3.05) is 0 Å². The molecule has 6 heteroatoms. The lowest BCUT2D eigenvalue weighted by Crippen LogP contribution is -2.34. The van der Waals surface area contributed by atoms with Gasteiger partial charge in [-0.1, -0.05) is 18.2 Å². The van der Waals surface area contributed by atoms with E-state index in [2.05, 4.69) is 25.5 Å². The molecular formula is C18H19N5O. The summed E-state index contributed by atoms with van der Waals surface area (Å²) in [7, 11) is 0. The van der Waals surface area contributed by atoms with Gasteiger partial charge in [0, 0.05) is 35.5 Å². The van der Waals surface area contributed by atoms with Crippen molar-refractivity contribution in [1.82, 2.24) is 25.5 Å². The minimum absolute atomic E-state index is 0.0000466. The number of amides is 1. The quantitative estimate of drug-likeness (QED) is 0.756. The number of rotatable bonds is 5. The molecule has 2 aromatic heterocycles. The number of benzene rings is 1. The van der Waals surface area contributed by atoms with E-state index in [1.54, 1.807) is 18.3 Å². The zero-order chi connectivity index (χ0) is 16.9. The lowest BCUT2D eigenvalue weighted by molar-refractivity contribution is 0.0940. The predicted octanol–water partition coefficient (Wildman–Crippen LogP) is 2.54. The van der Waals surface area contributed by atoms with E-state index in [1.165, 1.54) is 6.33 Å². The van der Waals surface area contributed by atoms with Crippen molar-refractivity contribution in [3.8, 4) is 11.4 Å². The largest absolute Gasteiger partial charge is 0.349 e. The minimum atomic E-state index is -0.0970. The highest BCUT2D eigenvalue weighted by atomic mass is 16.1. The minimum Gasteiger partial charge on any atom is -0.349 e. The van der Waals surface area contributed by atoms with Crippen LogP contribution >= 0.6 is 0 Å². The first-order chi connectivity index (χ1) is 11.6. The smallest absolute Gasteiger partial charge is 0.251 e. The van der Waals surface area contributed by atoms with Crippen molar-refractivity contribution in [2.45, 2.75) is 26.3 Å². The fourth-order valence-electron chi connectivity index (χ4n) is 2.50. The first-order valence-corrected chi connectivity index (χ1v) is 7.80. The normalized spacial score (nSPS) is 11.9. The Morgan fingerprint density at radius 3 is 2.67 bits per heavy atom. The molecule has 2 heterocycles. The average molecular weight is 321 g/mol. The number of aromatic nitrogens is 4. The zero-order valence-corrected chi connectivity index (χ0v) is 13.7. The second-order valence-corrected chi connectivity index (χ2v) is 5.76. The van der Waals surface area contributed by atoms with E-state index in [1.807, 2.05) is 38.1 Å². The molecule has 1 unspecified atom stereocenters. The monoisotopic (exact) mass is 321 g/mol.